The van der Waals surface area contributed by atoms with Crippen molar-refractivity contribution >= 4 is 5.97 Å². The Balaban J connectivity index is 2.19. The Kier molecular flexibility index (Phi) is 7.16. The molecule has 1 aliphatic heterocycles. The molecule has 0 aliphatic carbocycles. The van der Waals surface area contributed by atoms with E-state index in [0.29, 0.717) is 13.1 Å². The first kappa shape index (κ1) is 14.4. The molecule has 1 rings (SSSR count). The lowest BCUT2D eigenvalue weighted by Gasteiger charge is -2.29. The summed E-state index contributed by atoms with van der Waals surface area (Å²) in [5, 5.41) is 17.6. The molecule has 2 N–H and O–H groups in total. The molecule has 0 bridgehead atoms. The summed E-state index contributed by atoms with van der Waals surface area (Å²) in [4.78, 5) is 15.0. The Morgan fingerprint density at radius 2 is 1.82 bits per heavy atom. The lowest BCUT2D eigenvalue weighted by molar-refractivity contribution is -0.137. The van der Waals surface area contributed by atoms with Gasteiger partial charge in [-0.05, 0) is 25.9 Å². The Labute approximate surface area is 103 Å². The van der Waals surface area contributed by atoms with Gasteiger partial charge >= 0.3 is 5.97 Å². The van der Waals surface area contributed by atoms with Crippen LogP contribution >= 0.6 is 0 Å². The molecule has 0 amide bonds. The zero-order chi connectivity index (χ0) is 12.5. The number of piperidine rings is 1. The SMILES string of the molecule is O=C(O)CCN(CCO)CCN1CCCCC1. The molecule has 1 heterocycles. The molecular weight excluding hydrogens is 220 g/mol. The van der Waals surface area contributed by atoms with Gasteiger partial charge in [-0.1, -0.05) is 6.42 Å². The number of carboxylic acids is 1. The highest BCUT2D eigenvalue weighted by Crippen LogP contribution is 2.08. The van der Waals surface area contributed by atoms with E-state index in [1.165, 1.54) is 19.3 Å². The van der Waals surface area contributed by atoms with Gasteiger partial charge in [-0.2, -0.15) is 0 Å². The maximum atomic E-state index is 10.5. The number of nitrogens with zero attached hydrogens (tertiary/aromatic N) is 2. The third-order valence-electron chi connectivity index (χ3n) is 3.24. The van der Waals surface area contributed by atoms with Gasteiger partial charge < -0.3 is 15.1 Å². The normalized spacial score (nSPS) is 17.5. The minimum absolute atomic E-state index is 0.0968. The molecule has 1 aliphatic rings. The number of hydrogen-bond acceptors (Lipinski definition) is 4. The monoisotopic (exact) mass is 244 g/mol. The molecule has 1 saturated heterocycles. The van der Waals surface area contributed by atoms with E-state index in [9.17, 15) is 4.79 Å². The first-order valence-corrected chi connectivity index (χ1v) is 6.49. The van der Waals surface area contributed by atoms with Crippen LogP contribution in [0.4, 0.5) is 0 Å². The molecule has 0 radical (unpaired) electrons. The summed E-state index contributed by atoms with van der Waals surface area (Å²) in [6.45, 7) is 5.36. The fourth-order valence-corrected chi connectivity index (χ4v) is 2.20. The average molecular weight is 244 g/mol. The van der Waals surface area contributed by atoms with Gasteiger partial charge in [-0.3, -0.25) is 9.69 Å². The number of aliphatic hydroxyl groups excluding tert-OH is 1. The molecule has 5 nitrogen and oxygen atoms in total. The van der Waals surface area contributed by atoms with E-state index in [2.05, 4.69) is 4.90 Å². The largest absolute Gasteiger partial charge is 0.481 e. The molecule has 17 heavy (non-hydrogen) atoms. The fourth-order valence-electron chi connectivity index (χ4n) is 2.20. The van der Waals surface area contributed by atoms with Gasteiger partial charge in [0.1, 0.15) is 0 Å². The van der Waals surface area contributed by atoms with Crippen LogP contribution in [-0.4, -0.2) is 71.9 Å². The van der Waals surface area contributed by atoms with Crippen molar-refractivity contribution in [1.82, 2.24) is 9.80 Å². The molecule has 5 heteroatoms. The van der Waals surface area contributed by atoms with Gasteiger partial charge in [-0.15, -0.1) is 0 Å². The second kappa shape index (κ2) is 8.44. The van der Waals surface area contributed by atoms with Crippen LogP contribution in [0, 0.1) is 0 Å². The maximum Gasteiger partial charge on any atom is 0.304 e. The van der Waals surface area contributed by atoms with Crippen molar-refractivity contribution < 1.29 is 15.0 Å². The number of carboxylic acid groups (broad SMARTS) is 1. The standard InChI is InChI=1S/C12H24N2O3/c15-11-10-14(7-4-12(16)17)9-8-13-5-2-1-3-6-13/h15H,1-11H2,(H,16,17). The van der Waals surface area contributed by atoms with Gasteiger partial charge in [0.15, 0.2) is 0 Å². The van der Waals surface area contributed by atoms with Crippen LogP contribution < -0.4 is 0 Å². The van der Waals surface area contributed by atoms with Gasteiger partial charge in [-0.25, -0.2) is 0 Å². The van der Waals surface area contributed by atoms with Crippen molar-refractivity contribution in [3.8, 4) is 0 Å². The molecule has 0 unspecified atom stereocenters. The van der Waals surface area contributed by atoms with Crippen molar-refractivity contribution in [2.45, 2.75) is 25.7 Å². The first-order valence-electron chi connectivity index (χ1n) is 6.49. The number of rotatable bonds is 8. The lowest BCUT2D eigenvalue weighted by atomic mass is 10.1. The van der Waals surface area contributed by atoms with Crippen LogP contribution in [0.2, 0.25) is 0 Å². The van der Waals surface area contributed by atoms with E-state index in [1.54, 1.807) is 0 Å². The van der Waals surface area contributed by atoms with Crippen LogP contribution in [0.1, 0.15) is 25.7 Å². The van der Waals surface area contributed by atoms with Gasteiger partial charge in [0.2, 0.25) is 0 Å². The lowest BCUT2D eigenvalue weighted by Crippen LogP contribution is -2.39. The summed E-state index contributed by atoms with van der Waals surface area (Å²) in [5.41, 5.74) is 0. The summed E-state index contributed by atoms with van der Waals surface area (Å²) in [6.07, 6.45) is 4.03. The molecule has 100 valence electrons. The van der Waals surface area contributed by atoms with Crippen LogP contribution in [0.5, 0.6) is 0 Å². The van der Waals surface area contributed by atoms with E-state index < -0.39 is 5.97 Å². The highest BCUT2D eigenvalue weighted by atomic mass is 16.4. The molecule has 0 atom stereocenters. The van der Waals surface area contributed by atoms with Crippen molar-refractivity contribution in [1.29, 1.82) is 0 Å². The van der Waals surface area contributed by atoms with E-state index >= 15 is 0 Å². The van der Waals surface area contributed by atoms with Crippen LogP contribution in [-0.2, 0) is 4.79 Å². The Morgan fingerprint density at radius 1 is 1.12 bits per heavy atom. The van der Waals surface area contributed by atoms with Gasteiger partial charge in [0.05, 0.1) is 13.0 Å². The Morgan fingerprint density at radius 3 is 2.41 bits per heavy atom. The van der Waals surface area contributed by atoms with Gasteiger partial charge in [0, 0.05) is 26.2 Å². The van der Waals surface area contributed by atoms with Crippen molar-refractivity contribution in [3.05, 3.63) is 0 Å². The Hall–Kier alpha value is -0.650. The molecule has 1 fully saturated rings. The zero-order valence-corrected chi connectivity index (χ0v) is 10.5. The fraction of sp³-hybridized carbons (Fsp3) is 0.917. The number of carbonyl (C=O) groups is 1. The van der Waals surface area contributed by atoms with Crippen molar-refractivity contribution in [2.75, 3.05) is 45.9 Å². The van der Waals surface area contributed by atoms with E-state index in [0.717, 1.165) is 26.2 Å². The summed E-state index contributed by atoms with van der Waals surface area (Å²) < 4.78 is 0. The molecule has 0 saturated carbocycles. The van der Waals surface area contributed by atoms with E-state index in [-0.39, 0.29) is 13.0 Å². The predicted molar refractivity (Wildman–Crippen MR) is 66.1 cm³/mol. The molecule has 0 aromatic heterocycles. The minimum atomic E-state index is -0.772. The van der Waals surface area contributed by atoms with Crippen LogP contribution in [0.15, 0.2) is 0 Å². The zero-order valence-electron chi connectivity index (χ0n) is 10.5. The van der Waals surface area contributed by atoms with Crippen LogP contribution in [0.25, 0.3) is 0 Å². The number of hydrogen-bond donors (Lipinski definition) is 2. The van der Waals surface area contributed by atoms with E-state index in [1.807, 2.05) is 4.90 Å². The van der Waals surface area contributed by atoms with Crippen molar-refractivity contribution in [2.24, 2.45) is 0 Å². The smallest absolute Gasteiger partial charge is 0.304 e. The highest BCUT2D eigenvalue weighted by Gasteiger charge is 2.12. The number of aliphatic hydroxyl groups is 1. The minimum Gasteiger partial charge on any atom is -0.481 e. The van der Waals surface area contributed by atoms with E-state index in [4.69, 9.17) is 10.2 Å². The summed E-state index contributed by atoms with van der Waals surface area (Å²) in [6, 6.07) is 0. The summed E-state index contributed by atoms with van der Waals surface area (Å²) >= 11 is 0. The van der Waals surface area contributed by atoms with Crippen molar-refractivity contribution in [3.63, 3.8) is 0 Å². The van der Waals surface area contributed by atoms with Crippen LogP contribution in [0.3, 0.4) is 0 Å². The molecular formula is C12H24N2O3. The molecule has 0 spiro atoms. The predicted octanol–water partition coefficient (Wildman–Crippen LogP) is 0.241. The highest BCUT2D eigenvalue weighted by molar-refractivity contribution is 5.66. The second-order valence-electron chi connectivity index (χ2n) is 4.61. The number of aliphatic carboxylic acids is 1. The molecule has 0 aromatic rings. The first-order chi connectivity index (χ1) is 8.22. The second-order valence-corrected chi connectivity index (χ2v) is 4.61. The quantitative estimate of drug-likeness (QED) is 0.640. The summed E-state index contributed by atoms with van der Waals surface area (Å²) in [7, 11) is 0. The van der Waals surface area contributed by atoms with Gasteiger partial charge in [0.25, 0.3) is 0 Å². The number of likely N-dealkylation sites (tertiary alicyclic amines) is 1. The molecule has 0 aromatic carbocycles. The average Bonchev–Trinajstić information content (AvgIpc) is 2.34. The third kappa shape index (κ3) is 6.61. The maximum absolute atomic E-state index is 10.5. The summed E-state index contributed by atoms with van der Waals surface area (Å²) in [5.74, 6) is -0.772. The Bertz CT molecular complexity index is 218. The third-order valence-corrected chi connectivity index (χ3v) is 3.24. The topological polar surface area (TPSA) is 64.0 Å².